The Hall–Kier alpha value is -3.48. The maximum Gasteiger partial charge on any atom is 0.195 e. The minimum atomic E-state index is -0.277. The number of anilines is 2. The Kier molecular flexibility index (Phi) is 5.61. The van der Waals surface area contributed by atoms with Gasteiger partial charge in [0.15, 0.2) is 11.6 Å². The van der Waals surface area contributed by atoms with E-state index in [4.69, 9.17) is 0 Å². The molecule has 0 aromatic heterocycles. The summed E-state index contributed by atoms with van der Waals surface area (Å²) in [6.45, 7) is 0. The van der Waals surface area contributed by atoms with Crippen LogP contribution in [0.2, 0.25) is 0 Å². The lowest BCUT2D eigenvalue weighted by atomic mass is 9.79. The molecule has 0 radical (unpaired) electrons. The van der Waals surface area contributed by atoms with Gasteiger partial charge in [-0.1, -0.05) is 60.7 Å². The molecule has 0 spiro atoms. The van der Waals surface area contributed by atoms with Crippen molar-refractivity contribution >= 4 is 22.9 Å². The molecule has 0 bridgehead atoms. The van der Waals surface area contributed by atoms with Crippen molar-refractivity contribution in [2.24, 2.45) is 0 Å². The zero-order valence-electron chi connectivity index (χ0n) is 16.3. The number of benzene rings is 3. The van der Waals surface area contributed by atoms with Crippen LogP contribution in [0.25, 0.3) is 0 Å². The Labute approximate surface area is 174 Å². The van der Waals surface area contributed by atoms with E-state index in [2.05, 4.69) is 11.0 Å². The van der Waals surface area contributed by atoms with Crippen molar-refractivity contribution in [3.8, 4) is 0 Å². The Bertz CT molecular complexity index is 990. The molecule has 0 atom stereocenters. The van der Waals surface area contributed by atoms with Gasteiger partial charge in [-0.15, -0.1) is 0 Å². The van der Waals surface area contributed by atoms with E-state index in [1.54, 1.807) is 48.5 Å². The highest BCUT2D eigenvalue weighted by molar-refractivity contribution is 6.20. The predicted molar refractivity (Wildman–Crippen MR) is 114 cm³/mol. The van der Waals surface area contributed by atoms with E-state index in [0.717, 1.165) is 24.0 Å². The van der Waals surface area contributed by atoms with Gasteiger partial charge in [0.2, 0.25) is 0 Å². The average molecular weight is 402 g/mol. The fourth-order valence-corrected chi connectivity index (χ4v) is 4.20. The van der Waals surface area contributed by atoms with Crippen molar-refractivity contribution in [2.75, 3.05) is 11.0 Å². The molecule has 30 heavy (non-hydrogen) atoms. The SMILES string of the molecule is O=C(c1ccccc1)c1c2c(c(C(=O)c3ccccc3)c(NO)c1NO)CCCC2. The molecule has 6 nitrogen and oxygen atoms in total. The lowest BCUT2D eigenvalue weighted by molar-refractivity contribution is 0.102. The number of nitrogens with one attached hydrogen (secondary N) is 2. The van der Waals surface area contributed by atoms with Gasteiger partial charge in [-0.05, 0) is 36.8 Å². The van der Waals surface area contributed by atoms with E-state index in [9.17, 15) is 20.0 Å². The van der Waals surface area contributed by atoms with Crippen LogP contribution >= 0.6 is 0 Å². The number of rotatable bonds is 6. The highest BCUT2D eigenvalue weighted by Gasteiger charge is 2.32. The molecule has 0 amide bonds. The molecule has 6 heteroatoms. The van der Waals surface area contributed by atoms with E-state index in [0.29, 0.717) is 24.0 Å². The second kappa shape index (κ2) is 8.49. The van der Waals surface area contributed by atoms with Gasteiger partial charge in [-0.25, -0.2) is 0 Å². The van der Waals surface area contributed by atoms with Gasteiger partial charge in [0, 0.05) is 11.1 Å². The number of carbonyl (C=O) groups is 2. The summed E-state index contributed by atoms with van der Waals surface area (Å²) in [5.41, 5.74) is 7.11. The van der Waals surface area contributed by atoms with E-state index < -0.39 is 0 Å². The fourth-order valence-electron chi connectivity index (χ4n) is 4.20. The lowest BCUT2D eigenvalue weighted by Gasteiger charge is -2.27. The van der Waals surface area contributed by atoms with Gasteiger partial charge in [-0.3, -0.25) is 31.0 Å². The standard InChI is InChI=1S/C24H22N2O4/c27-23(15-9-3-1-4-10-15)19-17-13-7-8-14-18(17)20(22(26-30)21(19)25-29)24(28)16-11-5-2-6-12-16/h1-6,9-12,25-26,29-30H,7-8,13-14H2. The molecule has 152 valence electrons. The van der Waals surface area contributed by atoms with Crippen LogP contribution in [-0.4, -0.2) is 22.0 Å². The van der Waals surface area contributed by atoms with Gasteiger partial charge in [0.25, 0.3) is 0 Å². The van der Waals surface area contributed by atoms with Gasteiger partial charge in [0.1, 0.15) is 0 Å². The number of fused-ring (bicyclic) bond motifs is 1. The second-order valence-corrected chi connectivity index (χ2v) is 7.28. The molecule has 0 saturated carbocycles. The third-order valence-corrected chi connectivity index (χ3v) is 5.57. The summed E-state index contributed by atoms with van der Waals surface area (Å²) in [4.78, 5) is 26.7. The minimum Gasteiger partial charge on any atom is -0.291 e. The number of ketones is 2. The van der Waals surface area contributed by atoms with Crippen molar-refractivity contribution in [2.45, 2.75) is 25.7 Å². The van der Waals surface area contributed by atoms with E-state index >= 15 is 0 Å². The van der Waals surface area contributed by atoms with E-state index in [-0.39, 0.29) is 34.1 Å². The predicted octanol–water partition coefficient (Wildman–Crippen LogP) is 4.63. The van der Waals surface area contributed by atoms with Gasteiger partial charge < -0.3 is 0 Å². The zero-order valence-corrected chi connectivity index (χ0v) is 16.3. The first-order chi connectivity index (χ1) is 14.7. The second-order valence-electron chi connectivity index (χ2n) is 7.28. The molecule has 1 aliphatic carbocycles. The van der Waals surface area contributed by atoms with E-state index in [1.165, 1.54) is 0 Å². The maximum absolute atomic E-state index is 13.4. The van der Waals surface area contributed by atoms with Crippen molar-refractivity contribution in [3.63, 3.8) is 0 Å². The van der Waals surface area contributed by atoms with Crippen LogP contribution in [0.15, 0.2) is 60.7 Å². The van der Waals surface area contributed by atoms with Crippen LogP contribution in [0, 0.1) is 0 Å². The summed E-state index contributed by atoms with van der Waals surface area (Å²) in [5, 5.41) is 19.9. The summed E-state index contributed by atoms with van der Waals surface area (Å²) >= 11 is 0. The molecule has 0 aliphatic heterocycles. The lowest BCUT2D eigenvalue weighted by Crippen LogP contribution is -2.21. The number of carbonyl (C=O) groups excluding carboxylic acids is 2. The molecular weight excluding hydrogens is 380 g/mol. The van der Waals surface area contributed by atoms with Crippen molar-refractivity contribution in [1.29, 1.82) is 0 Å². The normalized spacial score (nSPS) is 12.7. The number of hydrogen-bond acceptors (Lipinski definition) is 6. The first-order valence-electron chi connectivity index (χ1n) is 9.88. The number of hydrogen-bond donors (Lipinski definition) is 4. The van der Waals surface area contributed by atoms with Crippen molar-refractivity contribution in [3.05, 3.63) is 94.0 Å². The van der Waals surface area contributed by atoms with Gasteiger partial charge in [-0.2, -0.15) is 0 Å². The van der Waals surface area contributed by atoms with Crippen LogP contribution in [0.1, 0.15) is 55.8 Å². The molecule has 4 rings (SSSR count). The highest BCUT2D eigenvalue weighted by Crippen LogP contribution is 2.41. The van der Waals surface area contributed by atoms with Crippen molar-refractivity contribution < 1.29 is 20.0 Å². The van der Waals surface area contributed by atoms with Crippen LogP contribution in [0.3, 0.4) is 0 Å². The monoisotopic (exact) mass is 402 g/mol. The molecular formula is C24H22N2O4. The molecule has 4 N–H and O–H groups in total. The molecule has 0 unspecified atom stereocenters. The quantitative estimate of drug-likeness (QED) is 0.354. The van der Waals surface area contributed by atoms with Crippen LogP contribution in [0.4, 0.5) is 11.4 Å². The van der Waals surface area contributed by atoms with Crippen LogP contribution < -0.4 is 11.0 Å². The van der Waals surface area contributed by atoms with Crippen molar-refractivity contribution in [1.82, 2.24) is 0 Å². The smallest absolute Gasteiger partial charge is 0.195 e. The van der Waals surface area contributed by atoms with E-state index in [1.807, 2.05) is 12.1 Å². The summed E-state index contributed by atoms with van der Waals surface area (Å²) in [6, 6.07) is 17.5. The first kappa shape index (κ1) is 19.8. The summed E-state index contributed by atoms with van der Waals surface area (Å²) in [6.07, 6.45) is 2.97. The summed E-state index contributed by atoms with van der Waals surface area (Å²) in [7, 11) is 0. The molecule has 1 aliphatic rings. The van der Waals surface area contributed by atoms with Gasteiger partial charge in [0.05, 0.1) is 22.5 Å². The Morgan fingerprint density at radius 1 is 0.633 bits per heavy atom. The van der Waals surface area contributed by atoms with Gasteiger partial charge >= 0.3 is 0 Å². The largest absolute Gasteiger partial charge is 0.291 e. The molecule has 0 saturated heterocycles. The zero-order chi connectivity index (χ0) is 21.1. The first-order valence-corrected chi connectivity index (χ1v) is 9.88. The molecule has 3 aromatic carbocycles. The topological polar surface area (TPSA) is 98.7 Å². The third kappa shape index (κ3) is 3.36. The summed E-state index contributed by atoms with van der Waals surface area (Å²) < 4.78 is 0. The molecule has 0 fully saturated rings. The maximum atomic E-state index is 13.4. The average Bonchev–Trinajstić information content (AvgIpc) is 2.82. The molecule has 3 aromatic rings. The Morgan fingerprint density at radius 3 is 1.33 bits per heavy atom. The Balaban J connectivity index is 2.00. The highest BCUT2D eigenvalue weighted by atomic mass is 16.5. The van der Waals surface area contributed by atoms with Crippen LogP contribution in [-0.2, 0) is 12.8 Å². The minimum absolute atomic E-state index is 0.00582. The summed E-state index contributed by atoms with van der Waals surface area (Å²) in [5.74, 6) is -0.555. The molecule has 0 heterocycles. The fraction of sp³-hybridized carbons (Fsp3) is 0.167. The Morgan fingerprint density at radius 2 is 1.00 bits per heavy atom. The van der Waals surface area contributed by atoms with Crippen LogP contribution in [0.5, 0.6) is 0 Å². The third-order valence-electron chi connectivity index (χ3n) is 5.57.